The first-order chi connectivity index (χ1) is 8.57. The molecule has 2 N–H and O–H groups in total. The predicted molar refractivity (Wildman–Crippen MR) is 77.0 cm³/mol. The second-order valence-electron chi connectivity index (χ2n) is 5.58. The smallest absolute Gasteiger partial charge is 0.124 e. The van der Waals surface area contributed by atoms with Gasteiger partial charge in [0.1, 0.15) is 5.82 Å². The molecular formula is C15H21BrFN. The summed E-state index contributed by atoms with van der Waals surface area (Å²) >= 11 is 3.34. The number of benzene rings is 1. The van der Waals surface area contributed by atoms with Gasteiger partial charge in [0.05, 0.1) is 0 Å². The summed E-state index contributed by atoms with van der Waals surface area (Å²) < 4.78 is 14.2. The van der Waals surface area contributed by atoms with Crippen LogP contribution in [0.1, 0.15) is 50.5 Å². The average Bonchev–Trinajstić information content (AvgIpc) is 2.23. The van der Waals surface area contributed by atoms with Crippen LogP contribution in [0.5, 0.6) is 0 Å². The molecule has 1 aromatic rings. The first-order valence-corrected chi connectivity index (χ1v) is 7.61. The first kappa shape index (κ1) is 14.0. The van der Waals surface area contributed by atoms with Gasteiger partial charge in [0, 0.05) is 10.0 Å². The Kier molecular flexibility index (Phi) is 4.79. The summed E-state index contributed by atoms with van der Waals surface area (Å²) in [4.78, 5) is 0. The second-order valence-corrected chi connectivity index (χ2v) is 6.50. The summed E-state index contributed by atoms with van der Waals surface area (Å²) in [5.41, 5.74) is 7.38. The number of rotatable bonds is 2. The third kappa shape index (κ3) is 4.06. The molecule has 1 nitrogen and oxygen atoms in total. The fourth-order valence-corrected chi connectivity index (χ4v) is 3.42. The lowest BCUT2D eigenvalue weighted by Gasteiger charge is -2.31. The van der Waals surface area contributed by atoms with E-state index in [1.807, 2.05) is 6.07 Å². The van der Waals surface area contributed by atoms with Crippen molar-refractivity contribution in [1.29, 1.82) is 0 Å². The molecule has 100 valence electrons. The molecule has 0 aromatic heterocycles. The summed E-state index contributed by atoms with van der Waals surface area (Å²) in [6, 6.07) is 5.08. The van der Waals surface area contributed by atoms with Crippen molar-refractivity contribution >= 4 is 15.9 Å². The highest BCUT2D eigenvalue weighted by Gasteiger charge is 2.25. The van der Waals surface area contributed by atoms with E-state index in [2.05, 4.69) is 15.9 Å². The van der Waals surface area contributed by atoms with Crippen LogP contribution in [0.15, 0.2) is 22.7 Å². The second kappa shape index (κ2) is 6.16. The number of hydrogen-bond acceptors (Lipinski definition) is 1. The highest BCUT2D eigenvalue weighted by molar-refractivity contribution is 9.10. The molecule has 18 heavy (non-hydrogen) atoms. The van der Waals surface area contributed by atoms with Gasteiger partial charge in [-0.1, -0.05) is 48.0 Å². The molecule has 1 fully saturated rings. The minimum atomic E-state index is -0.186. The van der Waals surface area contributed by atoms with Crippen LogP contribution < -0.4 is 5.73 Å². The maximum Gasteiger partial charge on any atom is 0.124 e. The third-order valence-corrected chi connectivity index (χ3v) is 4.29. The fourth-order valence-electron chi connectivity index (χ4n) is 2.91. The van der Waals surface area contributed by atoms with Crippen LogP contribution in [-0.4, -0.2) is 5.54 Å². The molecule has 1 saturated carbocycles. The van der Waals surface area contributed by atoms with Crippen molar-refractivity contribution in [2.75, 3.05) is 0 Å². The van der Waals surface area contributed by atoms with Crippen LogP contribution in [0.4, 0.5) is 4.39 Å². The van der Waals surface area contributed by atoms with E-state index in [1.54, 1.807) is 6.07 Å². The van der Waals surface area contributed by atoms with Gasteiger partial charge in [-0.05, 0) is 43.0 Å². The monoisotopic (exact) mass is 313 g/mol. The topological polar surface area (TPSA) is 26.0 Å². The molecule has 0 radical (unpaired) electrons. The number of halogens is 2. The third-order valence-electron chi connectivity index (χ3n) is 3.83. The van der Waals surface area contributed by atoms with Gasteiger partial charge in [-0.3, -0.25) is 0 Å². The SMILES string of the molecule is NC1(Cc2cc(F)cc(Br)c2)CCCCCCC1. The Bertz CT molecular complexity index is 377. The van der Waals surface area contributed by atoms with E-state index in [9.17, 15) is 4.39 Å². The highest BCUT2D eigenvalue weighted by atomic mass is 79.9. The van der Waals surface area contributed by atoms with Gasteiger partial charge in [-0.2, -0.15) is 0 Å². The van der Waals surface area contributed by atoms with Crippen molar-refractivity contribution in [3.63, 3.8) is 0 Å². The Morgan fingerprint density at radius 3 is 2.28 bits per heavy atom. The van der Waals surface area contributed by atoms with E-state index < -0.39 is 0 Å². The normalized spacial score (nSPS) is 20.2. The molecule has 1 aliphatic rings. The Labute approximate surface area is 117 Å². The summed E-state index contributed by atoms with van der Waals surface area (Å²) in [6.45, 7) is 0. The van der Waals surface area contributed by atoms with Crippen molar-refractivity contribution < 1.29 is 4.39 Å². The van der Waals surface area contributed by atoms with Crippen LogP contribution in [0.3, 0.4) is 0 Å². The summed E-state index contributed by atoms with van der Waals surface area (Å²) in [7, 11) is 0. The van der Waals surface area contributed by atoms with Gasteiger partial charge < -0.3 is 5.73 Å². The van der Waals surface area contributed by atoms with Crippen molar-refractivity contribution in [1.82, 2.24) is 0 Å². The van der Waals surface area contributed by atoms with Crippen LogP contribution in [0.25, 0.3) is 0 Å². The van der Waals surface area contributed by atoms with Gasteiger partial charge in [-0.25, -0.2) is 4.39 Å². The summed E-state index contributed by atoms with van der Waals surface area (Å²) in [6.07, 6.45) is 9.20. The Balaban J connectivity index is 2.09. The van der Waals surface area contributed by atoms with Crippen molar-refractivity contribution in [3.8, 4) is 0 Å². The molecular weight excluding hydrogens is 293 g/mol. The van der Waals surface area contributed by atoms with Crippen molar-refractivity contribution in [2.45, 2.75) is 56.9 Å². The molecule has 0 unspecified atom stereocenters. The lowest BCUT2D eigenvalue weighted by molar-refractivity contribution is 0.314. The zero-order valence-electron chi connectivity index (χ0n) is 10.7. The predicted octanol–water partition coefficient (Wildman–Crippen LogP) is 4.57. The minimum Gasteiger partial charge on any atom is -0.325 e. The van der Waals surface area contributed by atoms with E-state index >= 15 is 0 Å². The fraction of sp³-hybridized carbons (Fsp3) is 0.600. The van der Waals surface area contributed by atoms with Crippen molar-refractivity contribution in [2.24, 2.45) is 5.73 Å². The van der Waals surface area contributed by atoms with E-state index in [0.717, 1.165) is 29.3 Å². The molecule has 0 atom stereocenters. The van der Waals surface area contributed by atoms with Crippen LogP contribution in [-0.2, 0) is 6.42 Å². The molecule has 3 heteroatoms. The van der Waals surface area contributed by atoms with Gasteiger partial charge in [0.2, 0.25) is 0 Å². The van der Waals surface area contributed by atoms with E-state index in [4.69, 9.17) is 5.73 Å². The highest BCUT2D eigenvalue weighted by Crippen LogP contribution is 2.28. The molecule has 1 aliphatic carbocycles. The number of nitrogens with two attached hydrogens (primary N) is 1. The maximum atomic E-state index is 13.4. The van der Waals surface area contributed by atoms with Crippen LogP contribution >= 0.6 is 15.9 Å². The lowest BCUT2D eigenvalue weighted by atomic mass is 9.80. The van der Waals surface area contributed by atoms with Gasteiger partial charge in [-0.15, -0.1) is 0 Å². The average molecular weight is 314 g/mol. The summed E-state index contributed by atoms with van der Waals surface area (Å²) in [5, 5.41) is 0. The molecule has 0 spiro atoms. The standard InChI is InChI=1S/C15H21BrFN/c16-13-8-12(9-14(17)10-13)11-15(18)6-4-2-1-3-5-7-15/h8-10H,1-7,11,18H2. The van der Waals surface area contributed by atoms with Crippen molar-refractivity contribution in [3.05, 3.63) is 34.1 Å². The molecule has 0 aliphatic heterocycles. The molecule has 0 amide bonds. The van der Waals surface area contributed by atoms with Gasteiger partial charge in [0.25, 0.3) is 0 Å². The Hall–Kier alpha value is -0.410. The molecule has 0 bridgehead atoms. The molecule has 0 heterocycles. The Morgan fingerprint density at radius 1 is 1.06 bits per heavy atom. The zero-order valence-corrected chi connectivity index (χ0v) is 12.3. The molecule has 1 aromatic carbocycles. The van der Waals surface area contributed by atoms with Crippen LogP contribution in [0.2, 0.25) is 0 Å². The first-order valence-electron chi connectivity index (χ1n) is 6.81. The molecule has 2 rings (SSSR count). The Morgan fingerprint density at radius 2 is 1.67 bits per heavy atom. The van der Waals surface area contributed by atoms with E-state index in [-0.39, 0.29) is 11.4 Å². The number of hydrogen-bond donors (Lipinski definition) is 1. The lowest BCUT2D eigenvalue weighted by Crippen LogP contribution is -2.42. The largest absolute Gasteiger partial charge is 0.325 e. The quantitative estimate of drug-likeness (QED) is 0.850. The van der Waals surface area contributed by atoms with Gasteiger partial charge >= 0.3 is 0 Å². The zero-order chi connectivity index (χ0) is 13.0. The van der Waals surface area contributed by atoms with Gasteiger partial charge in [0.15, 0.2) is 0 Å². The van der Waals surface area contributed by atoms with Crippen LogP contribution in [0, 0.1) is 5.82 Å². The maximum absolute atomic E-state index is 13.4. The minimum absolute atomic E-state index is 0.145. The van der Waals surface area contributed by atoms with E-state index in [1.165, 1.54) is 38.2 Å². The summed E-state index contributed by atoms with van der Waals surface area (Å²) in [5.74, 6) is -0.186. The molecule has 0 saturated heterocycles. The van der Waals surface area contributed by atoms with E-state index in [0.29, 0.717) is 0 Å².